The molecule has 0 aliphatic heterocycles. The van der Waals surface area contributed by atoms with Gasteiger partial charge in [0, 0.05) is 64.5 Å². The molecule has 8 rings (SSSR count). The summed E-state index contributed by atoms with van der Waals surface area (Å²) in [5.41, 5.74) is 8.35. The largest absolute Gasteiger partial charge is 0.507 e. The zero-order valence-corrected chi connectivity index (χ0v) is 26.5. The van der Waals surface area contributed by atoms with E-state index < -0.39 is 0 Å². The minimum Gasteiger partial charge on any atom is -0.507 e. The van der Waals surface area contributed by atoms with E-state index >= 15 is 0 Å². The summed E-state index contributed by atoms with van der Waals surface area (Å²) >= 11 is 0. The zero-order valence-electron chi connectivity index (χ0n) is 26.5. The van der Waals surface area contributed by atoms with E-state index in [0.717, 1.165) is 73.1 Å². The number of phenols is 1. The Hall–Kier alpha value is -6.01. The normalized spacial score (nSPS) is 12.8. The number of rotatable bonds is 6. The van der Waals surface area contributed by atoms with Gasteiger partial charge in [0.25, 0.3) is 0 Å². The number of para-hydroxylation sites is 1. The van der Waals surface area contributed by atoms with Crippen molar-refractivity contribution in [2.75, 3.05) is 16.8 Å². The molecule has 0 amide bonds. The molecule has 0 saturated carbocycles. The fourth-order valence-corrected chi connectivity index (χ4v) is 6.80. The van der Waals surface area contributed by atoms with Gasteiger partial charge in [-0.2, -0.15) is 0 Å². The summed E-state index contributed by atoms with van der Waals surface area (Å²) in [6, 6.07) is 43.1. The highest BCUT2D eigenvalue weighted by Gasteiger charge is 2.38. The maximum absolute atomic E-state index is 10.9. The van der Waals surface area contributed by atoms with Crippen molar-refractivity contribution in [3.05, 3.63) is 151 Å². The van der Waals surface area contributed by atoms with Crippen LogP contribution in [-0.4, -0.2) is 27.1 Å². The van der Waals surface area contributed by atoms with Crippen LogP contribution < -0.4 is 9.80 Å². The first-order valence-corrected chi connectivity index (χ1v) is 15.7. The number of hydrogen-bond acceptors (Lipinski definition) is 6. The van der Waals surface area contributed by atoms with Crippen LogP contribution in [0.1, 0.15) is 25.0 Å². The van der Waals surface area contributed by atoms with Crippen molar-refractivity contribution in [3.63, 3.8) is 0 Å². The van der Waals surface area contributed by atoms with E-state index in [1.807, 2.05) is 68.0 Å². The molecule has 1 aliphatic carbocycles. The number of aromatic nitrogens is 3. The van der Waals surface area contributed by atoms with Gasteiger partial charge in [0.1, 0.15) is 17.4 Å². The molecule has 4 aromatic carbocycles. The molecule has 0 unspecified atom stereocenters. The van der Waals surface area contributed by atoms with Crippen molar-refractivity contribution in [2.24, 2.45) is 0 Å². The van der Waals surface area contributed by atoms with Gasteiger partial charge in [-0.15, -0.1) is 0 Å². The van der Waals surface area contributed by atoms with Crippen molar-refractivity contribution in [1.82, 2.24) is 15.0 Å². The predicted octanol–water partition coefficient (Wildman–Crippen LogP) is 9.94. The van der Waals surface area contributed by atoms with Gasteiger partial charge in [0.2, 0.25) is 0 Å². The standard InChI is InChI=1S/C41H33N5O/c1-41(2)33-17-10-18-36(47)38(33)39-34(41)19-20-35(44-39)28-12-9-15-31(25-28)46(29-13-5-4-6-14-29)37-26-30(22-24-42-37)45(3)40-32-16-8-7-11-27(32)21-23-43-40/h4-26,47H,1-3H3. The second-order valence-electron chi connectivity index (χ2n) is 12.4. The van der Waals surface area contributed by atoms with Crippen LogP contribution >= 0.6 is 0 Å². The third kappa shape index (κ3) is 4.77. The number of aromatic hydroxyl groups is 1. The summed E-state index contributed by atoms with van der Waals surface area (Å²) in [4.78, 5) is 19.0. The minimum absolute atomic E-state index is 0.244. The summed E-state index contributed by atoms with van der Waals surface area (Å²) in [6.07, 6.45) is 3.70. The van der Waals surface area contributed by atoms with Crippen LogP contribution in [0.3, 0.4) is 0 Å². The van der Waals surface area contributed by atoms with E-state index in [4.69, 9.17) is 15.0 Å². The first-order valence-electron chi connectivity index (χ1n) is 15.7. The average Bonchev–Trinajstić information content (AvgIpc) is 3.35. The molecule has 0 radical (unpaired) electrons. The molecule has 0 spiro atoms. The van der Waals surface area contributed by atoms with Crippen molar-refractivity contribution in [2.45, 2.75) is 19.3 Å². The first-order chi connectivity index (χ1) is 22.9. The Balaban J connectivity index is 1.22. The topological polar surface area (TPSA) is 65.4 Å². The molecule has 6 heteroatoms. The van der Waals surface area contributed by atoms with Crippen LogP contribution in [0.5, 0.6) is 5.75 Å². The van der Waals surface area contributed by atoms with Crippen LogP contribution in [0.25, 0.3) is 33.3 Å². The molecule has 7 aromatic rings. The number of anilines is 5. The Morgan fingerprint density at radius 2 is 1.40 bits per heavy atom. The van der Waals surface area contributed by atoms with Crippen LogP contribution in [0.2, 0.25) is 0 Å². The lowest BCUT2D eigenvalue weighted by atomic mass is 9.83. The summed E-state index contributed by atoms with van der Waals surface area (Å²) in [6.45, 7) is 4.37. The lowest BCUT2D eigenvalue weighted by molar-refractivity contribution is 0.476. The lowest BCUT2D eigenvalue weighted by Crippen LogP contribution is -2.15. The Labute approximate surface area is 274 Å². The van der Waals surface area contributed by atoms with Gasteiger partial charge in [-0.25, -0.2) is 15.0 Å². The van der Waals surface area contributed by atoms with E-state index in [0.29, 0.717) is 0 Å². The number of benzene rings is 4. The highest BCUT2D eigenvalue weighted by Crippen LogP contribution is 2.51. The molecule has 0 bridgehead atoms. The summed E-state index contributed by atoms with van der Waals surface area (Å²) in [5, 5.41) is 13.1. The Bertz CT molecular complexity index is 2280. The minimum atomic E-state index is -0.244. The predicted molar refractivity (Wildman–Crippen MR) is 191 cm³/mol. The van der Waals surface area contributed by atoms with Crippen LogP contribution in [-0.2, 0) is 5.41 Å². The molecule has 0 fully saturated rings. The molecule has 3 heterocycles. The molecule has 1 aliphatic rings. The van der Waals surface area contributed by atoms with Crippen molar-refractivity contribution in [3.8, 4) is 28.3 Å². The number of fused-ring (bicyclic) bond motifs is 4. The number of nitrogens with zero attached hydrogens (tertiary/aromatic N) is 5. The summed E-state index contributed by atoms with van der Waals surface area (Å²) < 4.78 is 0. The second-order valence-corrected chi connectivity index (χ2v) is 12.4. The quantitative estimate of drug-likeness (QED) is 0.202. The Morgan fingerprint density at radius 1 is 0.638 bits per heavy atom. The summed E-state index contributed by atoms with van der Waals surface area (Å²) in [5.74, 6) is 1.92. The molecule has 1 N–H and O–H groups in total. The Kier molecular flexibility index (Phi) is 6.73. The monoisotopic (exact) mass is 611 g/mol. The fraction of sp³-hybridized carbons (Fsp3) is 0.0976. The molecule has 228 valence electrons. The van der Waals surface area contributed by atoms with Gasteiger partial charge in [-0.1, -0.05) is 86.6 Å². The van der Waals surface area contributed by atoms with Gasteiger partial charge in [-0.3, -0.25) is 4.90 Å². The van der Waals surface area contributed by atoms with Crippen LogP contribution in [0.4, 0.5) is 28.7 Å². The zero-order chi connectivity index (χ0) is 32.1. The smallest absolute Gasteiger partial charge is 0.140 e. The third-order valence-electron chi connectivity index (χ3n) is 9.25. The van der Waals surface area contributed by atoms with Crippen molar-refractivity contribution < 1.29 is 5.11 Å². The van der Waals surface area contributed by atoms with Crippen molar-refractivity contribution in [1.29, 1.82) is 0 Å². The maximum Gasteiger partial charge on any atom is 0.140 e. The maximum atomic E-state index is 10.9. The lowest BCUT2D eigenvalue weighted by Gasteiger charge is -2.27. The van der Waals surface area contributed by atoms with Crippen LogP contribution in [0.15, 0.2) is 140 Å². The average molecular weight is 612 g/mol. The highest BCUT2D eigenvalue weighted by molar-refractivity contribution is 5.94. The molecule has 3 aromatic heterocycles. The second kappa shape index (κ2) is 11.1. The number of pyridine rings is 3. The highest BCUT2D eigenvalue weighted by atomic mass is 16.3. The van der Waals surface area contributed by atoms with Gasteiger partial charge < -0.3 is 10.0 Å². The van der Waals surface area contributed by atoms with Gasteiger partial charge in [0.05, 0.1) is 11.4 Å². The van der Waals surface area contributed by atoms with Gasteiger partial charge in [-0.05, 0) is 65.0 Å². The Morgan fingerprint density at radius 3 is 2.28 bits per heavy atom. The molecule has 47 heavy (non-hydrogen) atoms. The van der Waals surface area contributed by atoms with E-state index in [1.54, 1.807) is 6.07 Å². The number of phenolic OH excluding ortho intramolecular Hbond substituents is 1. The van der Waals surface area contributed by atoms with E-state index in [9.17, 15) is 5.11 Å². The van der Waals surface area contributed by atoms with E-state index in [2.05, 4.69) is 96.4 Å². The fourth-order valence-electron chi connectivity index (χ4n) is 6.80. The number of hydrogen-bond donors (Lipinski definition) is 1. The SMILES string of the molecule is CN(c1ccnc(N(c2ccccc2)c2cccc(-c3ccc4c(n3)-c3c(O)cccc3C4(C)C)c2)c1)c1nccc2ccccc12. The van der Waals surface area contributed by atoms with Crippen LogP contribution in [0, 0.1) is 0 Å². The molecular formula is C41H33N5O. The molecular weight excluding hydrogens is 578 g/mol. The first kappa shape index (κ1) is 28.5. The molecule has 0 saturated heterocycles. The molecule has 0 atom stereocenters. The summed E-state index contributed by atoms with van der Waals surface area (Å²) in [7, 11) is 2.04. The van der Waals surface area contributed by atoms with Gasteiger partial charge in [0.15, 0.2) is 0 Å². The van der Waals surface area contributed by atoms with E-state index in [1.165, 1.54) is 0 Å². The molecule has 6 nitrogen and oxygen atoms in total. The third-order valence-corrected chi connectivity index (χ3v) is 9.25. The van der Waals surface area contributed by atoms with Gasteiger partial charge >= 0.3 is 0 Å². The van der Waals surface area contributed by atoms with Crippen molar-refractivity contribution >= 4 is 39.5 Å². The van der Waals surface area contributed by atoms with E-state index in [-0.39, 0.29) is 11.2 Å².